The van der Waals surface area contributed by atoms with E-state index in [9.17, 15) is 4.79 Å². The number of hydrazine groups is 1. The van der Waals surface area contributed by atoms with Crippen LogP contribution in [-0.2, 0) is 9.53 Å². The lowest BCUT2D eigenvalue weighted by Crippen LogP contribution is -2.46. The van der Waals surface area contributed by atoms with Gasteiger partial charge in [0.15, 0.2) is 5.11 Å². The summed E-state index contributed by atoms with van der Waals surface area (Å²) in [6.07, 6.45) is 6.78. The number of nitrogens with one attached hydrogen (secondary N) is 3. The van der Waals surface area contributed by atoms with Crippen molar-refractivity contribution in [1.82, 2.24) is 16.2 Å². The predicted molar refractivity (Wildman–Crippen MR) is 100 cm³/mol. The molecule has 3 N–H and O–H groups in total. The van der Waals surface area contributed by atoms with E-state index in [2.05, 4.69) is 22.7 Å². The van der Waals surface area contributed by atoms with Crippen LogP contribution in [0.25, 0.3) is 0 Å². The average molecular weight is 371 g/mol. The van der Waals surface area contributed by atoms with Crippen LogP contribution in [0.2, 0.25) is 0 Å². The molecule has 0 aliphatic carbocycles. The van der Waals surface area contributed by atoms with Crippen molar-refractivity contribution in [1.29, 1.82) is 5.26 Å². The van der Waals surface area contributed by atoms with Crippen LogP contribution in [0.15, 0.2) is 36.6 Å². The fraction of sp³-hybridized carbons (Fsp3) is 0.438. The number of alkyl halides is 1. The normalized spacial score (nSPS) is 16.4. The van der Waals surface area contributed by atoms with Crippen molar-refractivity contribution in [3.8, 4) is 6.07 Å². The summed E-state index contributed by atoms with van der Waals surface area (Å²) in [6, 6.07) is 1.73. The van der Waals surface area contributed by atoms with E-state index in [4.69, 9.17) is 33.8 Å². The first kappa shape index (κ1) is 22.1. The number of carbonyl (C=O) groups is 1. The van der Waals surface area contributed by atoms with Gasteiger partial charge in [-0.15, -0.1) is 18.2 Å². The molecule has 0 aliphatic rings. The van der Waals surface area contributed by atoms with E-state index < -0.39 is 16.4 Å². The van der Waals surface area contributed by atoms with Gasteiger partial charge in [-0.3, -0.25) is 15.6 Å². The third-order valence-electron chi connectivity index (χ3n) is 2.95. The number of hydrogen-bond acceptors (Lipinski definition) is 4. The molecule has 132 valence electrons. The van der Waals surface area contributed by atoms with E-state index >= 15 is 0 Å². The summed E-state index contributed by atoms with van der Waals surface area (Å²) in [5.41, 5.74) is 4.79. The standard InChI is InChI=1S/C16H23ClN4O2S/c1-6-15(3,17)8-9-16(4,23-5)11-12(2)19-14(24)21-20-13(22)7-10-18/h6,8-9,11H,1,7H2,2-5H3,(H,20,22)(H2,19,21,24)/b9-8-,12-11+. The second kappa shape index (κ2) is 10.1. The molecular weight excluding hydrogens is 348 g/mol. The van der Waals surface area contributed by atoms with Crippen molar-refractivity contribution in [2.24, 2.45) is 0 Å². The number of hydrogen-bond donors (Lipinski definition) is 3. The summed E-state index contributed by atoms with van der Waals surface area (Å²) in [5, 5.41) is 11.5. The molecule has 0 aromatic carbocycles. The molecule has 8 heteroatoms. The third kappa shape index (κ3) is 9.30. The summed E-state index contributed by atoms with van der Waals surface area (Å²) in [6.45, 7) is 9.14. The van der Waals surface area contributed by atoms with Gasteiger partial charge in [0.05, 0.1) is 10.9 Å². The second-order valence-electron chi connectivity index (χ2n) is 5.37. The number of amides is 1. The van der Waals surface area contributed by atoms with Crippen LogP contribution < -0.4 is 16.2 Å². The molecule has 0 aliphatic heterocycles. The predicted octanol–water partition coefficient (Wildman–Crippen LogP) is 2.44. The van der Waals surface area contributed by atoms with Crippen LogP contribution in [0.1, 0.15) is 27.2 Å². The Balaban J connectivity index is 4.83. The van der Waals surface area contributed by atoms with Crippen molar-refractivity contribution >= 4 is 34.8 Å². The number of rotatable bonds is 7. The Bertz CT molecular complexity index is 581. The number of halogens is 1. The van der Waals surface area contributed by atoms with Crippen LogP contribution in [-0.4, -0.2) is 28.6 Å². The molecule has 6 nitrogen and oxygen atoms in total. The lowest BCUT2D eigenvalue weighted by molar-refractivity contribution is -0.120. The SMILES string of the molecule is C=CC(C)(Cl)/C=C\C(C)(/C=C(\C)NC(=S)NNC(=O)CC#N)OC. The minimum absolute atomic E-state index is 0.186. The topological polar surface area (TPSA) is 86.2 Å². The van der Waals surface area contributed by atoms with Crippen LogP contribution >= 0.6 is 23.8 Å². The number of methoxy groups -OCH3 is 1. The molecule has 24 heavy (non-hydrogen) atoms. The fourth-order valence-corrected chi connectivity index (χ4v) is 1.77. The number of ether oxygens (including phenoxy) is 1. The van der Waals surface area contributed by atoms with Crippen molar-refractivity contribution in [3.63, 3.8) is 0 Å². The monoisotopic (exact) mass is 370 g/mol. The highest BCUT2D eigenvalue weighted by atomic mass is 35.5. The first-order chi connectivity index (χ1) is 11.1. The van der Waals surface area contributed by atoms with Crippen LogP contribution in [0.5, 0.6) is 0 Å². The number of nitriles is 1. The Kier molecular flexibility index (Phi) is 9.29. The van der Waals surface area contributed by atoms with Gasteiger partial charge in [-0.2, -0.15) is 5.26 Å². The minimum Gasteiger partial charge on any atom is -0.370 e. The molecule has 0 saturated carbocycles. The highest BCUT2D eigenvalue weighted by molar-refractivity contribution is 7.80. The van der Waals surface area contributed by atoms with E-state index in [1.165, 1.54) is 0 Å². The molecule has 0 rings (SSSR count). The quantitative estimate of drug-likeness (QED) is 0.276. The highest BCUT2D eigenvalue weighted by Gasteiger charge is 2.20. The molecule has 0 saturated heterocycles. The molecule has 2 atom stereocenters. The molecule has 0 aromatic rings. The molecule has 0 radical (unpaired) electrons. The molecular formula is C16H23ClN4O2S. The highest BCUT2D eigenvalue weighted by Crippen LogP contribution is 2.22. The Morgan fingerprint density at radius 3 is 2.54 bits per heavy atom. The van der Waals surface area contributed by atoms with Crippen molar-refractivity contribution in [3.05, 3.63) is 36.6 Å². The Hall–Kier alpha value is -1.88. The van der Waals surface area contributed by atoms with Gasteiger partial charge in [0.1, 0.15) is 12.0 Å². The molecule has 0 heterocycles. The minimum atomic E-state index is -0.712. The van der Waals surface area contributed by atoms with Gasteiger partial charge in [0, 0.05) is 12.8 Å². The van der Waals surface area contributed by atoms with Gasteiger partial charge >= 0.3 is 0 Å². The summed E-state index contributed by atoms with van der Waals surface area (Å²) < 4.78 is 5.49. The van der Waals surface area contributed by atoms with Crippen LogP contribution in [0.4, 0.5) is 0 Å². The Labute approximate surface area is 153 Å². The Morgan fingerprint density at radius 2 is 2.04 bits per heavy atom. The molecule has 0 fully saturated rings. The summed E-state index contributed by atoms with van der Waals surface area (Å²) >= 11 is 11.3. The van der Waals surface area contributed by atoms with E-state index in [-0.39, 0.29) is 11.5 Å². The van der Waals surface area contributed by atoms with Crippen molar-refractivity contribution in [2.45, 2.75) is 37.7 Å². The van der Waals surface area contributed by atoms with Gasteiger partial charge in [-0.1, -0.05) is 18.2 Å². The lowest BCUT2D eigenvalue weighted by atomic mass is 10.0. The maximum Gasteiger partial charge on any atom is 0.252 e. The zero-order valence-corrected chi connectivity index (χ0v) is 15.8. The van der Waals surface area contributed by atoms with E-state index in [0.717, 1.165) is 0 Å². The number of carbonyl (C=O) groups excluding carboxylic acids is 1. The molecule has 0 bridgehead atoms. The number of nitrogens with zero attached hydrogens (tertiary/aromatic N) is 1. The van der Waals surface area contributed by atoms with Crippen molar-refractivity contribution < 1.29 is 9.53 Å². The van der Waals surface area contributed by atoms with Gasteiger partial charge in [0.2, 0.25) is 0 Å². The molecule has 2 unspecified atom stereocenters. The van der Waals surface area contributed by atoms with Crippen LogP contribution in [0, 0.1) is 11.3 Å². The fourth-order valence-electron chi connectivity index (χ4n) is 1.49. The van der Waals surface area contributed by atoms with Crippen LogP contribution in [0.3, 0.4) is 0 Å². The van der Waals surface area contributed by atoms with Gasteiger partial charge in [-0.05, 0) is 39.1 Å². The molecule has 0 aromatic heterocycles. The molecule has 1 amide bonds. The van der Waals surface area contributed by atoms with E-state index in [1.807, 2.05) is 26.0 Å². The van der Waals surface area contributed by atoms with Gasteiger partial charge in [0.25, 0.3) is 5.91 Å². The Morgan fingerprint density at radius 1 is 1.42 bits per heavy atom. The smallest absolute Gasteiger partial charge is 0.252 e. The zero-order chi connectivity index (χ0) is 18.8. The third-order valence-corrected chi connectivity index (χ3v) is 3.43. The first-order valence-electron chi connectivity index (χ1n) is 7.08. The second-order valence-corrected chi connectivity index (χ2v) is 6.59. The average Bonchev–Trinajstić information content (AvgIpc) is 2.51. The summed E-state index contributed by atoms with van der Waals surface area (Å²) in [4.78, 5) is 10.5. The van der Waals surface area contributed by atoms with Crippen molar-refractivity contribution in [2.75, 3.05) is 7.11 Å². The molecule has 0 spiro atoms. The maximum atomic E-state index is 11.2. The maximum absolute atomic E-state index is 11.2. The van der Waals surface area contributed by atoms with Gasteiger partial charge in [-0.25, -0.2) is 0 Å². The van der Waals surface area contributed by atoms with E-state index in [0.29, 0.717) is 5.70 Å². The number of thiocarbonyl (C=S) groups is 1. The lowest BCUT2D eigenvalue weighted by Gasteiger charge is -2.23. The van der Waals surface area contributed by atoms with Gasteiger partial charge < -0.3 is 10.1 Å². The summed E-state index contributed by atoms with van der Waals surface area (Å²) in [5.74, 6) is -0.473. The number of allylic oxidation sites excluding steroid dienone is 3. The largest absolute Gasteiger partial charge is 0.370 e. The zero-order valence-electron chi connectivity index (χ0n) is 14.3. The summed E-state index contributed by atoms with van der Waals surface area (Å²) in [7, 11) is 1.58. The van der Waals surface area contributed by atoms with E-state index in [1.54, 1.807) is 32.3 Å². The first-order valence-corrected chi connectivity index (χ1v) is 7.86.